The zero-order chi connectivity index (χ0) is 14.0. The van der Waals surface area contributed by atoms with E-state index in [-0.39, 0.29) is 5.91 Å². The first kappa shape index (κ1) is 13.9. The number of nitrogens with two attached hydrogens (primary N) is 1. The van der Waals surface area contributed by atoms with E-state index in [2.05, 4.69) is 21.2 Å². The van der Waals surface area contributed by atoms with Gasteiger partial charge < -0.3 is 11.1 Å². The van der Waals surface area contributed by atoms with Gasteiger partial charge in [0.1, 0.15) is 0 Å². The minimum Gasteiger partial charge on any atom is -0.397 e. The smallest absolute Gasteiger partial charge is 0.255 e. The van der Waals surface area contributed by atoms with Crippen LogP contribution in [0.4, 0.5) is 11.4 Å². The second kappa shape index (κ2) is 5.63. The average Bonchev–Trinajstić information content (AvgIpc) is 2.36. The number of benzene rings is 2. The number of rotatable bonds is 2. The molecule has 0 heterocycles. The number of amides is 1. The van der Waals surface area contributed by atoms with Crippen LogP contribution >= 0.6 is 27.5 Å². The SMILES string of the molecule is Cc1ccc(C(=O)Nc2ccc(Cl)cc2N)cc1Br. The first-order chi connectivity index (χ1) is 8.97. The third-order valence-corrected chi connectivity index (χ3v) is 3.79. The summed E-state index contributed by atoms with van der Waals surface area (Å²) < 4.78 is 0.893. The molecule has 19 heavy (non-hydrogen) atoms. The molecule has 0 saturated heterocycles. The Balaban J connectivity index is 2.23. The Labute approximate surface area is 124 Å². The number of halogens is 2. The number of nitrogen functional groups attached to an aromatic ring is 1. The van der Waals surface area contributed by atoms with Crippen molar-refractivity contribution in [2.24, 2.45) is 0 Å². The van der Waals surface area contributed by atoms with Gasteiger partial charge in [-0.2, -0.15) is 0 Å². The summed E-state index contributed by atoms with van der Waals surface area (Å²) >= 11 is 9.21. The molecule has 0 unspecified atom stereocenters. The average molecular weight is 340 g/mol. The molecule has 0 atom stereocenters. The van der Waals surface area contributed by atoms with Crippen LogP contribution in [-0.2, 0) is 0 Å². The normalized spacial score (nSPS) is 10.3. The molecule has 3 N–H and O–H groups in total. The number of carbonyl (C=O) groups is 1. The minimum atomic E-state index is -0.213. The highest BCUT2D eigenvalue weighted by atomic mass is 79.9. The number of carbonyl (C=O) groups excluding carboxylic acids is 1. The lowest BCUT2D eigenvalue weighted by Gasteiger charge is -2.09. The van der Waals surface area contributed by atoms with Crippen LogP contribution in [0, 0.1) is 6.92 Å². The first-order valence-corrected chi connectivity index (χ1v) is 6.77. The van der Waals surface area contributed by atoms with E-state index in [0.29, 0.717) is 22.0 Å². The summed E-state index contributed by atoms with van der Waals surface area (Å²) in [5.41, 5.74) is 8.41. The molecule has 2 rings (SSSR count). The molecule has 2 aromatic rings. The third-order valence-electron chi connectivity index (χ3n) is 2.70. The van der Waals surface area contributed by atoms with E-state index in [0.717, 1.165) is 10.0 Å². The van der Waals surface area contributed by atoms with E-state index >= 15 is 0 Å². The maximum Gasteiger partial charge on any atom is 0.255 e. The van der Waals surface area contributed by atoms with E-state index in [4.69, 9.17) is 17.3 Å². The number of anilines is 2. The highest BCUT2D eigenvalue weighted by Crippen LogP contribution is 2.24. The highest BCUT2D eigenvalue weighted by Gasteiger charge is 2.09. The van der Waals surface area contributed by atoms with Gasteiger partial charge in [-0.15, -0.1) is 0 Å². The molecule has 98 valence electrons. The highest BCUT2D eigenvalue weighted by molar-refractivity contribution is 9.10. The van der Waals surface area contributed by atoms with E-state index in [1.807, 2.05) is 13.0 Å². The lowest BCUT2D eigenvalue weighted by Crippen LogP contribution is -2.13. The van der Waals surface area contributed by atoms with E-state index < -0.39 is 0 Å². The molecule has 3 nitrogen and oxygen atoms in total. The lowest BCUT2D eigenvalue weighted by molar-refractivity contribution is 0.102. The van der Waals surface area contributed by atoms with Crippen LogP contribution in [0.25, 0.3) is 0 Å². The zero-order valence-electron chi connectivity index (χ0n) is 10.2. The Morgan fingerprint density at radius 2 is 2.00 bits per heavy atom. The molecule has 5 heteroatoms. The van der Waals surface area contributed by atoms with Crippen LogP contribution in [0.2, 0.25) is 5.02 Å². The third kappa shape index (κ3) is 3.28. The van der Waals surface area contributed by atoms with Crippen LogP contribution in [-0.4, -0.2) is 5.91 Å². The van der Waals surface area contributed by atoms with E-state index in [1.165, 1.54) is 0 Å². The Morgan fingerprint density at radius 3 is 2.63 bits per heavy atom. The van der Waals surface area contributed by atoms with Gasteiger partial charge in [-0.05, 0) is 42.8 Å². The van der Waals surface area contributed by atoms with Crippen LogP contribution < -0.4 is 11.1 Å². The van der Waals surface area contributed by atoms with Crippen LogP contribution in [0.5, 0.6) is 0 Å². The molecule has 0 spiro atoms. The van der Waals surface area contributed by atoms with Crippen molar-refractivity contribution in [3.05, 3.63) is 57.0 Å². The van der Waals surface area contributed by atoms with Crippen molar-refractivity contribution in [3.63, 3.8) is 0 Å². The summed E-state index contributed by atoms with van der Waals surface area (Å²) in [4.78, 5) is 12.1. The fraction of sp³-hybridized carbons (Fsp3) is 0.0714. The zero-order valence-corrected chi connectivity index (χ0v) is 12.5. The first-order valence-electron chi connectivity index (χ1n) is 5.60. The van der Waals surface area contributed by atoms with Gasteiger partial charge in [-0.25, -0.2) is 0 Å². The monoisotopic (exact) mass is 338 g/mol. The molecule has 1 amide bonds. The van der Waals surface area contributed by atoms with Gasteiger partial charge in [0.25, 0.3) is 5.91 Å². The Morgan fingerprint density at radius 1 is 1.26 bits per heavy atom. The van der Waals surface area contributed by atoms with E-state index in [9.17, 15) is 4.79 Å². The summed E-state index contributed by atoms with van der Waals surface area (Å²) in [6.45, 7) is 1.96. The van der Waals surface area contributed by atoms with Crippen LogP contribution in [0.15, 0.2) is 40.9 Å². The van der Waals surface area contributed by atoms with Crippen LogP contribution in [0.3, 0.4) is 0 Å². The summed E-state index contributed by atoms with van der Waals surface area (Å²) in [5.74, 6) is -0.213. The predicted octanol–water partition coefficient (Wildman–Crippen LogP) is 4.25. The number of hydrogen-bond acceptors (Lipinski definition) is 2. The van der Waals surface area contributed by atoms with Gasteiger partial charge >= 0.3 is 0 Å². The Kier molecular flexibility index (Phi) is 4.12. The second-order valence-electron chi connectivity index (χ2n) is 4.15. The molecule has 0 aliphatic carbocycles. The van der Waals surface area contributed by atoms with Crippen molar-refractivity contribution in [1.29, 1.82) is 0 Å². The van der Waals surface area contributed by atoms with Gasteiger partial charge in [0, 0.05) is 15.1 Å². The maximum atomic E-state index is 12.1. The predicted molar refractivity (Wildman–Crippen MR) is 82.7 cm³/mol. The van der Waals surface area contributed by atoms with Gasteiger partial charge in [-0.3, -0.25) is 4.79 Å². The topological polar surface area (TPSA) is 55.1 Å². The molecular formula is C14H12BrClN2O. The molecular weight excluding hydrogens is 328 g/mol. The quantitative estimate of drug-likeness (QED) is 0.804. The molecule has 0 saturated carbocycles. The summed E-state index contributed by atoms with van der Waals surface area (Å²) in [6.07, 6.45) is 0. The van der Waals surface area contributed by atoms with Crippen molar-refractivity contribution in [2.45, 2.75) is 6.92 Å². The van der Waals surface area contributed by atoms with Crippen molar-refractivity contribution < 1.29 is 4.79 Å². The molecule has 0 aromatic heterocycles. The molecule has 0 aliphatic rings. The van der Waals surface area contributed by atoms with Gasteiger partial charge in [-0.1, -0.05) is 33.6 Å². The maximum absolute atomic E-state index is 12.1. The van der Waals surface area contributed by atoms with Crippen LogP contribution in [0.1, 0.15) is 15.9 Å². The minimum absolute atomic E-state index is 0.213. The number of aryl methyl sites for hydroxylation is 1. The lowest BCUT2D eigenvalue weighted by atomic mass is 10.1. The van der Waals surface area contributed by atoms with E-state index in [1.54, 1.807) is 30.3 Å². The number of nitrogens with one attached hydrogen (secondary N) is 1. The van der Waals surface area contributed by atoms with Crippen molar-refractivity contribution in [1.82, 2.24) is 0 Å². The Bertz CT molecular complexity index is 643. The molecule has 0 bridgehead atoms. The van der Waals surface area contributed by atoms with Gasteiger partial charge in [0.2, 0.25) is 0 Å². The van der Waals surface area contributed by atoms with Gasteiger partial charge in [0.05, 0.1) is 11.4 Å². The Hall–Kier alpha value is -1.52. The van der Waals surface area contributed by atoms with Crippen molar-refractivity contribution in [3.8, 4) is 0 Å². The number of hydrogen-bond donors (Lipinski definition) is 2. The molecule has 0 radical (unpaired) electrons. The molecule has 0 aliphatic heterocycles. The second-order valence-corrected chi connectivity index (χ2v) is 5.44. The summed E-state index contributed by atoms with van der Waals surface area (Å²) in [7, 11) is 0. The standard InChI is InChI=1S/C14H12BrClN2O/c1-8-2-3-9(6-11(8)15)14(19)18-13-5-4-10(16)7-12(13)17/h2-7H,17H2,1H3,(H,18,19). The fourth-order valence-electron chi connectivity index (χ4n) is 1.58. The van der Waals surface area contributed by atoms with Crippen molar-refractivity contribution >= 4 is 44.8 Å². The summed E-state index contributed by atoms with van der Waals surface area (Å²) in [5, 5.41) is 3.29. The largest absolute Gasteiger partial charge is 0.397 e. The van der Waals surface area contributed by atoms with Crippen molar-refractivity contribution in [2.75, 3.05) is 11.1 Å². The molecule has 0 fully saturated rings. The molecule has 2 aromatic carbocycles. The fourth-order valence-corrected chi connectivity index (χ4v) is 2.14. The van der Waals surface area contributed by atoms with Gasteiger partial charge in [0.15, 0.2) is 0 Å². The summed E-state index contributed by atoms with van der Waals surface area (Å²) in [6, 6.07) is 10.4.